The molecule has 0 saturated heterocycles. The van der Waals surface area contributed by atoms with Crippen molar-refractivity contribution in [2.75, 3.05) is 0 Å². The van der Waals surface area contributed by atoms with Gasteiger partial charge < -0.3 is 9.84 Å². The number of hydrogen-bond donors (Lipinski definition) is 2. The molecule has 14 heavy (non-hydrogen) atoms. The van der Waals surface area contributed by atoms with Gasteiger partial charge in [-0.2, -0.15) is 0 Å². The molecule has 76 valence electrons. The molecule has 1 N–H and O–H groups in total. The van der Waals surface area contributed by atoms with Crippen LogP contribution in [-0.4, -0.2) is 16.8 Å². The molecule has 4 heteroatoms. The molecule has 0 aliphatic heterocycles. The first-order chi connectivity index (χ1) is 6.67. The maximum atomic E-state index is 10.4. The molecule has 0 fully saturated rings. The van der Waals surface area contributed by atoms with Crippen LogP contribution in [0.2, 0.25) is 0 Å². The summed E-state index contributed by atoms with van der Waals surface area (Å²) in [5.41, 5.74) is 0.0565. The smallest absolute Gasteiger partial charge is 0.153 e. The highest BCUT2D eigenvalue weighted by molar-refractivity contribution is 7.80. The molecule has 0 heterocycles. The van der Waals surface area contributed by atoms with E-state index in [9.17, 15) is 9.90 Å². The molecule has 1 rings (SSSR count). The van der Waals surface area contributed by atoms with Crippen molar-refractivity contribution in [2.45, 2.75) is 18.8 Å². The lowest BCUT2D eigenvalue weighted by atomic mass is 10.2. The molecule has 1 aromatic rings. The third-order valence-corrected chi connectivity index (χ3v) is 2.22. The first kappa shape index (κ1) is 10.9. The number of phenols is 1. The van der Waals surface area contributed by atoms with Crippen molar-refractivity contribution < 1.29 is 14.6 Å². The van der Waals surface area contributed by atoms with Gasteiger partial charge in [0, 0.05) is 6.07 Å². The number of aromatic hydroxyl groups is 1. The van der Waals surface area contributed by atoms with Crippen LogP contribution in [-0.2, 0) is 0 Å². The fourth-order valence-corrected chi connectivity index (χ4v) is 1.06. The summed E-state index contributed by atoms with van der Waals surface area (Å²) in [6.45, 7) is 1.94. The molecule has 1 atom stereocenters. The van der Waals surface area contributed by atoms with Gasteiger partial charge in [-0.1, -0.05) is 6.92 Å². The second kappa shape index (κ2) is 4.91. The van der Waals surface area contributed by atoms with Gasteiger partial charge >= 0.3 is 0 Å². The predicted molar refractivity (Wildman–Crippen MR) is 57.2 cm³/mol. The molecule has 0 amide bonds. The number of ether oxygens (including phenoxy) is 1. The van der Waals surface area contributed by atoms with Crippen LogP contribution >= 0.6 is 12.6 Å². The Hall–Kier alpha value is -1.16. The number of hydrogen-bond acceptors (Lipinski definition) is 4. The lowest BCUT2D eigenvalue weighted by molar-refractivity contribution is 0.112. The third-order valence-electron chi connectivity index (χ3n) is 1.75. The molecule has 0 radical (unpaired) electrons. The molecular formula is C10H12O3S. The van der Waals surface area contributed by atoms with E-state index in [0.717, 1.165) is 6.42 Å². The maximum absolute atomic E-state index is 10.4. The Balaban J connectivity index is 2.81. The van der Waals surface area contributed by atoms with Gasteiger partial charge in [-0.25, -0.2) is 0 Å². The fraction of sp³-hybridized carbons (Fsp3) is 0.300. The van der Waals surface area contributed by atoms with Gasteiger partial charge in [0.1, 0.15) is 16.9 Å². The van der Waals surface area contributed by atoms with Crippen molar-refractivity contribution in [3.8, 4) is 11.5 Å². The van der Waals surface area contributed by atoms with E-state index in [2.05, 4.69) is 12.6 Å². The average Bonchev–Trinajstić information content (AvgIpc) is 2.18. The summed E-state index contributed by atoms with van der Waals surface area (Å²) >= 11 is 4.15. The molecule has 0 aromatic heterocycles. The van der Waals surface area contributed by atoms with Gasteiger partial charge in [0.25, 0.3) is 0 Å². The van der Waals surface area contributed by atoms with Gasteiger partial charge in [0.15, 0.2) is 6.29 Å². The minimum Gasteiger partial charge on any atom is -0.507 e. The van der Waals surface area contributed by atoms with E-state index in [0.29, 0.717) is 12.0 Å². The Morgan fingerprint density at radius 1 is 1.64 bits per heavy atom. The largest absolute Gasteiger partial charge is 0.507 e. The van der Waals surface area contributed by atoms with Gasteiger partial charge in [-0.15, -0.1) is 12.6 Å². The van der Waals surface area contributed by atoms with Crippen molar-refractivity contribution in [3.05, 3.63) is 23.8 Å². The maximum Gasteiger partial charge on any atom is 0.153 e. The molecule has 3 nitrogen and oxygen atoms in total. The van der Waals surface area contributed by atoms with Crippen LogP contribution in [0.25, 0.3) is 0 Å². The third kappa shape index (κ3) is 2.67. The minimum atomic E-state index is -0.198. The summed E-state index contributed by atoms with van der Waals surface area (Å²) < 4.78 is 5.33. The Kier molecular flexibility index (Phi) is 3.83. The van der Waals surface area contributed by atoms with Crippen molar-refractivity contribution in [3.63, 3.8) is 0 Å². The van der Waals surface area contributed by atoms with Gasteiger partial charge in [0.05, 0.1) is 5.56 Å². The zero-order valence-electron chi connectivity index (χ0n) is 7.80. The Labute approximate surface area is 88.1 Å². The standard InChI is InChI=1S/C10H12O3S/c1-2-10(14)13-8-4-3-7(6-11)9(12)5-8/h3-6,10,12,14H,2H2,1H3. The Morgan fingerprint density at radius 2 is 2.36 bits per heavy atom. The van der Waals surface area contributed by atoms with E-state index in [1.54, 1.807) is 6.07 Å². The molecule has 1 unspecified atom stereocenters. The van der Waals surface area contributed by atoms with E-state index >= 15 is 0 Å². The second-order valence-corrected chi connectivity index (χ2v) is 3.40. The van der Waals surface area contributed by atoms with Crippen LogP contribution in [0, 0.1) is 0 Å². The van der Waals surface area contributed by atoms with Crippen LogP contribution < -0.4 is 4.74 Å². The van der Waals surface area contributed by atoms with E-state index in [1.807, 2.05) is 6.92 Å². The zero-order valence-corrected chi connectivity index (χ0v) is 8.70. The number of carbonyl (C=O) groups excluding carboxylic acids is 1. The number of carbonyl (C=O) groups is 1. The Morgan fingerprint density at radius 3 is 2.86 bits per heavy atom. The monoisotopic (exact) mass is 212 g/mol. The van der Waals surface area contributed by atoms with E-state index in [4.69, 9.17) is 4.74 Å². The summed E-state index contributed by atoms with van der Waals surface area (Å²) in [4.78, 5) is 10.4. The lowest BCUT2D eigenvalue weighted by Gasteiger charge is -2.11. The van der Waals surface area contributed by atoms with Crippen LogP contribution in [0.3, 0.4) is 0 Å². The molecule has 0 aliphatic rings. The van der Waals surface area contributed by atoms with Crippen molar-refractivity contribution in [1.82, 2.24) is 0 Å². The highest BCUT2D eigenvalue weighted by atomic mass is 32.1. The van der Waals surface area contributed by atoms with E-state index < -0.39 is 0 Å². The summed E-state index contributed by atoms with van der Waals surface area (Å²) in [5, 5.41) is 9.34. The van der Waals surface area contributed by atoms with E-state index in [-0.39, 0.29) is 16.7 Å². The number of thiol groups is 1. The number of aldehydes is 1. The van der Waals surface area contributed by atoms with Gasteiger partial charge in [-0.3, -0.25) is 4.79 Å². The van der Waals surface area contributed by atoms with E-state index in [1.165, 1.54) is 12.1 Å². The SMILES string of the molecule is CCC(S)Oc1ccc(C=O)c(O)c1. The second-order valence-electron chi connectivity index (χ2n) is 2.82. The lowest BCUT2D eigenvalue weighted by Crippen LogP contribution is -2.06. The quantitative estimate of drug-likeness (QED) is 0.457. The molecular weight excluding hydrogens is 200 g/mol. The minimum absolute atomic E-state index is 0.0749. The highest BCUT2D eigenvalue weighted by Crippen LogP contribution is 2.23. The first-order valence-corrected chi connectivity index (χ1v) is 4.82. The van der Waals surface area contributed by atoms with Gasteiger partial charge in [-0.05, 0) is 18.6 Å². The van der Waals surface area contributed by atoms with Crippen LogP contribution in [0.5, 0.6) is 11.5 Å². The fourth-order valence-electron chi connectivity index (χ4n) is 0.937. The molecule has 0 spiro atoms. The number of benzene rings is 1. The highest BCUT2D eigenvalue weighted by Gasteiger charge is 2.05. The molecule has 0 bridgehead atoms. The summed E-state index contributed by atoms with van der Waals surface area (Å²) in [6.07, 6.45) is 1.36. The van der Waals surface area contributed by atoms with Gasteiger partial charge in [0.2, 0.25) is 0 Å². The normalized spacial score (nSPS) is 12.1. The number of rotatable bonds is 4. The van der Waals surface area contributed by atoms with Crippen LogP contribution in [0.15, 0.2) is 18.2 Å². The average molecular weight is 212 g/mol. The van der Waals surface area contributed by atoms with Crippen molar-refractivity contribution in [2.24, 2.45) is 0 Å². The molecule has 0 aliphatic carbocycles. The van der Waals surface area contributed by atoms with Crippen molar-refractivity contribution >= 4 is 18.9 Å². The number of phenolic OH excluding ortho intramolecular Hbond substituents is 1. The van der Waals surface area contributed by atoms with Crippen LogP contribution in [0.4, 0.5) is 0 Å². The summed E-state index contributed by atoms with van der Waals surface area (Å²) in [7, 11) is 0. The zero-order chi connectivity index (χ0) is 10.6. The topological polar surface area (TPSA) is 46.5 Å². The summed E-state index contributed by atoms with van der Waals surface area (Å²) in [6, 6.07) is 4.54. The van der Waals surface area contributed by atoms with Crippen molar-refractivity contribution in [1.29, 1.82) is 0 Å². The first-order valence-electron chi connectivity index (χ1n) is 4.30. The van der Waals surface area contributed by atoms with Crippen LogP contribution in [0.1, 0.15) is 23.7 Å². The predicted octanol–water partition coefficient (Wildman–Crippen LogP) is 2.25. The molecule has 0 saturated carbocycles. The Bertz CT molecular complexity index is 325. The summed E-state index contributed by atoms with van der Waals surface area (Å²) in [5.74, 6) is 0.434. The molecule has 1 aromatic carbocycles.